The van der Waals surface area contributed by atoms with Gasteiger partial charge in [-0.3, -0.25) is 9.59 Å². The van der Waals surface area contributed by atoms with Crippen molar-refractivity contribution in [2.24, 2.45) is 23.5 Å². The molecule has 116 valence electrons. The molecule has 2 unspecified atom stereocenters. The van der Waals surface area contributed by atoms with E-state index in [0.29, 0.717) is 18.4 Å². The summed E-state index contributed by atoms with van der Waals surface area (Å²) in [6, 6.07) is -0.587. The fourth-order valence-electron chi connectivity index (χ4n) is 2.52. The van der Waals surface area contributed by atoms with E-state index in [-0.39, 0.29) is 30.9 Å². The lowest BCUT2D eigenvalue weighted by molar-refractivity contribution is -0.127. The van der Waals surface area contributed by atoms with E-state index in [1.165, 1.54) is 0 Å². The van der Waals surface area contributed by atoms with Crippen LogP contribution in [0.25, 0.3) is 0 Å². The number of aliphatic hydroxyl groups excluding tert-OH is 1. The van der Waals surface area contributed by atoms with E-state index < -0.39 is 6.04 Å². The van der Waals surface area contributed by atoms with Crippen LogP contribution in [0.4, 0.5) is 0 Å². The topological polar surface area (TPSA) is 104 Å². The van der Waals surface area contributed by atoms with E-state index in [4.69, 9.17) is 5.73 Å². The summed E-state index contributed by atoms with van der Waals surface area (Å²) in [5.41, 5.74) is 5.68. The summed E-state index contributed by atoms with van der Waals surface area (Å²) in [6.45, 7) is 4.42. The summed E-state index contributed by atoms with van der Waals surface area (Å²) in [6.07, 6.45) is 3.17. The lowest BCUT2D eigenvalue weighted by atomic mass is 9.97. The summed E-state index contributed by atoms with van der Waals surface area (Å²) in [5, 5.41) is 14.6. The standard InChI is InChI=1S/C14H27N3O3/c1-9(2)13(15)14(20)17-7-12(19)16-6-10-4-3-5-11(10)8-18/h9-11,13,18H,3-8,15H2,1-2H3,(H,16,19)(H,17,20)/t10?,11?,13-/m0/s1. The molecule has 1 aliphatic rings. The average Bonchev–Trinajstić information content (AvgIpc) is 2.88. The highest BCUT2D eigenvalue weighted by Crippen LogP contribution is 2.30. The van der Waals surface area contributed by atoms with Gasteiger partial charge in [0, 0.05) is 13.2 Å². The second kappa shape index (κ2) is 8.21. The molecule has 1 rings (SSSR count). The molecular weight excluding hydrogens is 258 g/mol. The Labute approximate surface area is 120 Å². The Morgan fingerprint density at radius 1 is 1.25 bits per heavy atom. The van der Waals surface area contributed by atoms with E-state index in [0.717, 1.165) is 19.3 Å². The first kappa shape index (κ1) is 16.9. The summed E-state index contributed by atoms with van der Waals surface area (Å²) < 4.78 is 0. The second-order valence-corrected chi connectivity index (χ2v) is 5.93. The molecule has 0 radical (unpaired) electrons. The number of nitrogens with two attached hydrogens (primary N) is 1. The Balaban J connectivity index is 2.22. The first-order valence-corrected chi connectivity index (χ1v) is 7.36. The Morgan fingerprint density at radius 2 is 1.90 bits per heavy atom. The van der Waals surface area contributed by atoms with Gasteiger partial charge in [-0.1, -0.05) is 20.3 Å². The van der Waals surface area contributed by atoms with Crippen molar-refractivity contribution in [3.8, 4) is 0 Å². The number of hydrogen-bond acceptors (Lipinski definition) is 4. The summed E-state index contributed by atoms with van der Waals surface area (Å²) in [7, 11) is 0. The second-order valence-electron chi connectivity index (χ2n) is 5.93. The molecule has 2 amide bonds. The lowest BCUT2D eigenvalue weighted by Gasteiger charge is -2.18. The quantitative estimate of drug-likeness (QED) is 0.511. The van der Waals surface area contributed by atoms with Gasteiger partial charge in [0.1, 0.15) is 0 Å². The van der Waals surface area contributed by atoms with E-state index in [9.17, 15) is 14.7 Å². The lowest BCUT2D eigenvalue weighted by Crippen LogP contribution is -2.47. The first-order valence-electron chi connectivity index (χ1n) is 7.36. The van der Waals surface area contributed by atoms with Crippen LogP contribution in [0.5, 0.6) is 0 Å². The molecule has 1 aliphatic carbocycles. The van der Waals surface area contributed by atoms with Crippen LogP contribution < -0.4 is 16.4 Å². The van der Waals surface area contributed by atoms with Crippen LogP contribution in [-0.4, -0.2) is 42.7 Å². The summed E-state index contributed by atoms with van der Waals surface area (Å²) >= 11 is 0. The van der Waals surface area contributed by atoms with Gasteiger partial charge >= 0.3 is 0 Å². The van der Waals surface area contributed by atoms with Gasteiger partial charge in [0.05, 0.1) is 12.6 Å². The van der Waals surface area contributed by atoms with E-state index in [2.05, 4.69) is 10.6 Å². The predicted octanol–water partition coefficient (Wildman–Crippen LogP) is -0.389. The normalized spacial score (nSPS) is 23.6. The molecule has 1 saturated carbocycles. The molecular formula is C14H27N3O3. The first-order chi connectivity index (χ1) is 9.45. The molecule has 0 aliphatic heterocycles. The number of carbonyl (C=O) groups excluding carboxylic acids is 2. The van der Waals surface area contributed by atoms with Crippen molar-refractivity contribution in [2.45, 2.75) is 39.2 Å². The van der Waals surface area contributed by atoms with Crippen molar-refractivity contribution in [2.75, 3.05) is 19.7 Å². The van der Waals surface area contributed by atoms with Crippen LogP contribution in [-0.2, 0) is 9.59 Å². The van der Waals surface area contributed by atoms with Gasteiger partial charge < -0.3 is 21.5 Å². The van der Waals surface area contributed by atoms with Crippen molar-refractivity contribution in [3.63, 3.8) is 0 Å². The third kappa shape index (κ3) is 5.09. The van der Waals surface area contributed by atoms with Gasteiger partial charge in [-0.15, -0.1) is 0 Å². The number of amides is 2. The van der Waals surface area contributed by atoms with Crippen LogP contribution in [0, 0.1) is 17.8 Å². The molecule has 0 saturated heterocycles. The zero-order chi connectivity index (χ0) is 15.1. The number of nitrogens with one attached hydrogen (secondary N) is 2. The summed E-state index contributed by atoms with van der Waals surface area (Å²) in [5.74, 6) is 0.167. The molecule has 1 fully saturated rings. The van der Waals surface area contributed by atoms with Crippen LogP contribution >= 0.6 is 0 Å². The Kier molecular flexibility index (Phi) is 6.95. The maximum atomic E-state index is 11.7. The largest absolute Gasteiger partial charge is 0.396 e. The van der Waals surface area contributed by atoms with Crippen molar-refractivity contribution in [1.82, 2.24) is 10.6 Å². The zero-order valence-electron chi connectivity index (χ0n) is 12.4. The number of rotatable bonds is 7. The zero-order valence-corrected chi connectivity index (χ0v) is 12.4. The van der Waals surface area contributed by atoms with Gasteiger partial charge in [-0.2, -0.15) is 0 Å². The highest BCUT2D eigenvalue weighted by molar-refractivity contribution is 5.87. The van der Waals surface area contributed by atoms with E-state index in [1.54, 1.807) is 0 Å². The average molecular weight is 285 g/mol. The Bertz CT molecular complexity index is 334. The fourth-order valence-corrected chi connectivity index (χ4v) is 2.52. The Hall–Kier alpha value is -1.14. The van der Waals surface area contributed by atoms with Crippen molar-refractivity contribution >= 4 is 11.8 Å². The SMILES string of the molecule is CC(C)[C@H](N)C(=O)NCC(=O)NCC1CCCC1CO. The number of hydrogen-bond donors (Lipinski definition) is 4. The number of carbonyl (C=O) groups is 2. The molecule has 6 nitrogen and oxygen atoms in total. The van der Waals surface area contributed by atoms with Crippen LogP contribution in [0.15, 0.2) is 0 Å². The molecule has 0 aromatic rings. The molecule has 0 aromatic carbocycles. The molecule has 6 heteroatoms. The van der Waals surface area contributed by atoms with Crippen molar-refractivity contribution in [3.05, 3.63) is 0 Å². The van der Waals surface area contributed by atoms with Crippen LogP contribution in [0.3, 0.4) is 0 Å². The minimum absolute atomic E-state index is 0.0434. The predicted molar refractivity (Wildman–Crippen MR) is 76.7 cm³/mol. The van der Waals surface area contributed by atoms with Crippen molar-refractivity contribution in [1.29, 1.82) is 0 Å². The maximum Gasteiger partial charge on any atom is 0.239 e. The maximum absolute atomic E-state index is 11.7. The minimum atomic E-state index is -0.587. The third-order valence-corrected chi connectivity index (χ3v) is 4.06. The van der Waals surface area contributed by atoms with Gasteiger partial charge in [0.2, 0.25) is 11.8 Å². The molecule has 0 bridgehead atoms. The molecule has 20 heavy (non-hydrogen) atoms. The monoisotopic (exact) mass is 285 g/mol. The fraction of sp³-hybridized carbons (Fsp3) is 0.857. The van der Waals surface area contributed by atoms with E-state index in [1.807, 2.05) is 13.8 Å². The van der Waals surface area contributed by atoms with Gasteiger partial charge in [-0.05, 0) is 30.6 Å². The minimum Gasteiger partial charge on any atom is -0.396 e. The van der Waals surface area contributed by atoms with Gasteiger partial charge in [-0.25, -0.2) is 0 Å². The molecule has 5 N–H and O–H groups in total. The molecule has 3 atom stereocenters. The third-order valence-electron chi connectivity index (χ3n) is 4.06. The smallest absolute Gasteiger partial charge is 0.239 e. The molecule has 0 aromatic heterocycles. The summed E-state index contributed by atoms with van der Waals surface area (Å²) in [4.78, 5) is 23.3. The highest BCUT2D eigenvalue weighted by Gasteiger charge is 2.26. The Morgan fingerprint density at radius 3 is 2.50 bits per heavy atom. The van der Waals surface area contributed by atoms with Gasteiger partial charge in [0.15, 0.2) is 0 Å². The highest BCUT2D eigenvalue weighted by atomic mass is 16.3. The van der Waals surface area contributed by atoms with Crippen LogP contribution in [0.1, 0.15) is 33.1 Å². The number of aliphatic hydroxyl groups is 1. The van der Waals surface area contributed by atoms with Gasteiger partial charge in [0.25, 0.3) is 0 Å². The van der Waals surface area contributed by atoms with E-state index >= 15 is 0 Å². The van der Waals surface area contributed by atoms with Crippen LogP contribution in [0.2, 0.25) is 0 Å². The van der Waals surface area contributed by atoms with Crippen molar-refractivity contribution < 1.29 is 14.7 Å². The molecule has 0 heterocycles. The molecule has 0 spiro atoms.